The lowest BCUT2D eigenvalue weighted by Gasteiger charge is -2.59. The van der Waals surface area contributed by atoms with Gasteiger partial charge in [0.15, 0.2) is 11.9 Å². The van der Waals surface area contributed by atoms with Gasteiger partial charge >= 0.3 is 11.9 Å². The number of amides is 2. The second-order valence-electron chi connectivity index (χ2n) is 12.5. The van der Waals surface area contributed by atoms with Gasteiger partial charge in [-0.15, -0.1) is 0 Å². The fraction of sp³-hybridized carbons (Fsp3) is 0.862. The minimum absolute atomic E-state index is 0.0272. The molecule has 2 amide bonds. The summed E-state index contributed by atoms with van der Waals surface area (Å²) < 4.78 is 18.3. The largest absolute Gasteiger partial charge is 0.480 e. The molecule has 0 unspecified atom stereocenters. The second kappa shape index (κ2) is 12.9. The van der Waals surface area contributed by atoms with Crippen molar-refractivity contribution < 1.29 is 48.3 Å². The molecule has 10 atom stereocenters. The number of fused-ring (bicyclic) bond motifs is 2. The molecule has 0 radical (unpaired) electrons. The molecule has 1 saturated carbocycles. The quantitative estimate of drug-likeness (QED) is 0.177. The molecule has 12 heteroatoms. The average Bonchev–Trinajstić information content (AvgIpc) is 3.16. The molecule has 0 aromatic rings. The number of ether oxygens (including phenoxy) is 3. The zero-order valence-electron chi connectivity index (χ0n) is 24.8. The third kappa shape index (κ3) is 6.71. The lowest BCUT2D eigenvalue weighted by atomic mass is 9.58. The third-order valence-corrected chi connectivity index (χ3v) is 9.60. The van der Waals surface area contributed by atoms with Crippen molar-refractivity contribution in [2.75, 3.05) is 6.54 Å². The molecule has 5 rings (SSSR count). The standard InChI is InChI=1S/C29H46N2O10/c1-6-16(2)24(25(35)36)31-22(33)8-7-15-30-21(32)11-12-23(34)37-26-18(4)20-10-9-17(3)19-13-14-28(5)39-27(38-26)29(19,20)41-40-28/h16-20,24,26-27H,6-15H2,1-5H3,(H,30,32)(H,31,33)(H,35,36)/t16-,17+,18+,19-,20-,24+,26-,27-,28+,29-/m0/s1. The zero-order chi connectivity index (χ0) is 29.9. The number of carboxylic acids is 1. The molecule has 2 bridgehead atoms. The minimum Gasteiger partial charge on any atom is -0.480 e. The molecule has 0 aromatic carbocycles. The van der Waals surface area contributed by atoms with Gasteiger partial charge in [-0.05, 0) is 50.4 Å². The first-order chi connectivity index (χ1) is 19.4. The molecule has 4 saturated heterocycles. The van der Waals surface area contributed by atoms with Crippen LogP contribution >= 0.6 is 0 Å². The number of carboxylic acid groups (broad SMARTS) is 1. The Morgan fingerprint density at radius 1 is 1.02 bits per heavy atom. The van der Waals surface area contributed by atoms with Crippen LogP contribution in [-0.2, 0) is 43.2 Å². The summed E-state index contributed by atoms with van der Waals surface area (Å²) >= 11 is 0. The Balaban J connectivity index is 1.21. The van der Waals surface area contributed by atoms with Gasteiger partial charge in [0.05, 0.1) is 6.42 Å². The van der Waals surface area contributed by atoms with E-state index in [1.54, 1.807) is 6.92 Å². The van der Waals surface area contributed by atoms with Crippen LogP contribution in [0.3, 0.4) is 0 Å². The highest BCUT2D eigenvalue weighted by Gasteiger charge is 2.69. The Labute approximate surface area is 241 Å². The van der Waals surface area contributed by atoms with Crippen LogP contribution < -0.4 is 10.6 Å². The van der Waals surface area contributed by atoms with E-state index >= 15 is 0 Å². The number of hydrogen-bond donors (Lipinski definition) is 3. The van der Waals surface area contributed by atoms with Crippen molar-refractivity contribution in [3.05, 3.63) is 0 Å². The maximum absolute atomic E-state index is 12.7. The van der Waals surface area contributed by atoms with Crippen molar-refractivity contribution >= 4 is 23.8 Å². The molecule has 5 aliphatic rings. The molecular weight excluding hydrogens is 536 g/mol. The number of hydrogen-bond acceptors (Lipinski definition) is 9. The highest BCUT2D eigenvalue weighted by atomic mass is 17.3. The summed E-state index contributed by atoms with van der Waals surface area (Å²) in [5.41, 5.74) is -0.741. The Kier molecular flexibility index (Phi) is 9.98. The van der Waals surface area contributed by atoms with Crippen molar-refractivity contribution in [1.82, 2.24) is 10.6 Å². The van der Waals surface area contributed by atoms with Crippen LogP contribution in [0.2, 0.25) is 0 Å². The molecule has 1 spiro atoms. The first-order valence-corrected chi connectivity index (χ1v) is 15.1. The highest BCUT2D eigenvalue weighted by molar-refractivity contribution is 5.84. The molecule has 3 N–H and O–H groups in total. The topological polar surface area (TPSA) is 159 Å². The zero-order valence-corrected chi connectivity index (χ0v) is 24.8. The van der Waals surface area contributed by atoms with Crippen LogP contribution in [0.15, 0.2) is 0 Å². The molecule has 4 aliphatic heterocycles. The van der Waals surface area contributed by atoms with Crippen LogP contribution in [0.4, 0.5) is 0 Å². The van der Waals surface area contributed by atoms with E-state index in [9.17, 15) is 24.3 Å². The van der Waals surface area contributed by atoms with Gasteiger partial charge in [0.2, 0.25) is 23.9 Å². The molecule has 5 fully saturated rings. The Bertz CT molecular complexity index is 993. The van der Waals surface area contributed by atoms with E-state index in [-0.39, 0.29) is 61.3 Å². The van der Waals surface area contributed by atoms with Crippen LogP contribution in [0.1, 0.15) is 92.4 Å². The molecule has 0 aromatic heterocycles. The molecule has 4 heterocycles. The number of nitrogens with one attached hydrogen (secondary N) is 2. The number of carbonyl (C=O) groups is 4. The fourth-order valence-corrected chi connectivity index (χ4v) is 6.90. The summed E-state index contributed by atoms with van der Waals surface area (Å²) in [6.45, 7) is 9.93. The van der Waals surface area contributed by atoms with Crippen molar-refractivity contribution in [3.8, 4) is 0 Å². The summed E-state index contributed by atoms with van der Waals surface area (Å²) in [7, 11) is 0. The van der Waals surface area contributed by atoms with Crippen molar-refractivity contribution in [2.24, 2.45) is 29.6 Å². The maximum atomic E-state index is 12.7. The van der Waals surface area contributed by atoms with E-state index in [1.165, 1.54) is 0 Å². The van der Waals surface area contributed by atoms with Crippen LogP contribution in [0, 0.1) is 29.6 Å². The molecule has 232 valence electrons. The second-order valence-corrected chi connectivity index (χ2v) is 12.5. The number of aliphatic carboxylic acids is 1. The van der Waals surface area contributed by atoms with Crippen LogP contribution in [0.5, 0.6) is 0 Å². The van der Waals surface area contributed by atoms with Gasteiger partial charge in [0.1, 0.15) is 6.04 Å². The Hall–Kier alpha value is -2.28. The maximum Gasteiger partial charge on any atom is 0.326 e. The van der Waals surface area contributed by atoms with Gasteiger partial charge in [-0.1, -0.05) is 34.1 Å². The van der Waals surface area contributed by atoms with E-state index in [0.717, 1.165) is 19.3 Å². The summed E-state index contributed by atoms with van der Waals surface area (Å²) in [6.07, 6.45) is 2.84. The monoisotopic (exact) mass is 582 g/mol. The first-order valence-electron chi connectivity index (χ1n) is 15.1. The average molecular weight is 583 g/mol. The van der Waals surface area contributed by atoms with Crippen LogP contribution in [-0.4, -0.2) is 65.4 Å². The summed E-state index contributed by atoms with van der Waals surface area (Å²) in [5, 5.41) is 14.5. The Morgan fingerprint density at radius 2 is 1.78 bits per heavy atom. The smallest absolute Gasteiger partial charge is 0.326 e. The normalized spacial score (nSPS) is 37.2. The molecular formula is C29H46N2O10. The van der Waals surface area contributed by atoms with E-state index in [4.69, 9.17) is 24.0 Å². The molecule has 41 heavy (non-hydrogen) atoms. The van der Waals surface area contributed by atoms with Gasteiger partial charge in [-0.2, -0.15) is 0 Å². The third-order valence-electron chi connectivity index (χ3n) is 9.60. The van der Waals surface area contributed by atoms with E-state index < -0.39 is 41.9 Å². The van der Waals surface area contributed by atoms with Gasteiger partial charge < -0.3 is 30.0 Å². The van der Waals surface area contributed by atoms with Gasteiger partial charge in [-0.3, -0.25) is 14.4 Å². The predicted molar refractivity (Wildman–Crippen MR) is 143 cm³/mol. The van der Waals surface area contributed by atoms with Gasteiger partial charge in [0.25, 0.3) is 0 Å². The highest BCUT2D eigenvalue weighted by Crippen LogP contribution is 2.60. The van der Waals surface area contributed by atoms with Crippen molar-refractivity contribution in [3.63, 3.8) is 0 Å². The molecule has 1 aliphatic carbocycles. The van der Waals surface area contributed by atoms with E-state index in [2.05, 4.69) is 17.6 Å². The van der Waals surface area contributed by atoms with Crippen molar-refractivity contribution in [2.45, 2.75) is 122 Å². The molecule has 12 nitrogen and oxygen atoms in total. The lowest BCUT2D eigenvalue weighted by Crippen LogP contribution is -2.70. The van der Waals surface area contributed by atoms with Crippen LogP contribution in [0.25, 0.3) is 0 Å². The number of carbonyl (C=O) groups excluding carboxylic acids is 3. The van der Waals surface area contributed by atoms with E-state index in [1.807, 2.05) is 20.8 Å². The first kappa shape index (κ1) is 31.7. The lowest BCUT2D eigenvalue weighted by molar-refractivity contribution is -0.576. The minimum atomic E-state index is -1.07. The fourth-order valence-electron chi connectivity index (χ4n) is 6.90. The van der Waals surface area contributed by atoms with Gasteiger partial charge in [-0.25, -0.2) is 14.6 Å². The predicted octanol–water partition coefficient (Wildman–Crippen LogP) is 3.03. The summed E-state index contributed by atoms with van der Waals surface area (Å²) in [4.78, 5) is 60.4. The number of esters is 1. The SMILES string of the molecule is CC[C@H](C)[C@@H](NC(=O)CCCNC(=O)CCC(=O)O[C@H]1O[C@H]2O[C@@]3(C)CC[C@H]4[C@H](C)CC[C@@H]([C@H]1C)[C@]24OO3)C(=O)O. The van der Waals surface area contributed by atoms with Gasteiger partial charge in [0, 0.05) is 37.6 Å². The van der Waals surface area contributed by atoms with Crippen molar-refractivity contribution in [1.29, 1.82) is 0 Å². The van der Waals surface area contributed by atoms with E-state index in [0.29, 0.717) is 25.2 Å². The number of rotatable bonds is 12. The summed E-state index contributed by atoms with van der Waals surface area (Å²) in [6, 6.07) is -0.939. The summed E-state index contributed by atoms with van der Waals surface area (Å²) in [5.74, 6) is -2.93. The Morgan fingerprint density at radius 3 is 2.49 bits per heavy atom.